The first kappa shape index (κ1) is 11.5. The zero-order chi connectivity index (χ0) is 10.7. The summed E-state index contributed by atoms with van der Waals surface area (Å²) in [7, 11) is 1.38. The molecular weight excluding hydrogens is 317 g/mol. The third-order valence-corrected chi connectivity index (χ3v) is 2.99. The molecule has 0 radical (unpaired) electrons. The number of rotatable bonds is 2. The lowest BCUT2D eigenvalue weighted by atomic mass is 10.1. The van der Waals surface area contributed by atoms with Crippen molar-refractivity contribution >= 4 is 31.9 Å². The van der Waals surface area contributed by atoms with Gasteiger partial charge in [0.25, 0.3) is 0 Å². The Kier molecular flexibility index (Phi) is 3.90. The number of benzene rings is 1. The van der Waals surface area contributed by atoms with Crippen LogP contribution in [0.3, 0.4) is 0 Å². The summed E-state index contributed by atoms with van der Waals surface area (Å²) in [6, 6.07) is 5.07. The highest BCUT2D eigenvalue weighted by molar-refractivity contribution is 9.10. The predicted octanol–water partition coefficient (Wildman–Crippen LogP) is 3.56. The van der Waals surface area contributed by atoms with Gasteiger partial charge in [0.2, 0.25) is 0 Å². The molecule has 0 heterocycles. The third-order valence-electron chi connectivity index (χ3n) is 1.67. The molecule has 0 saturated carbocycles. The minimum Gasteiger partial charge on any atom is -0.492 e. The lowest BCUT2D eigenvalue weighted by Crippen LogP contribution is -1.97. The Morgan fingerprint density at radius 2 is 2.21 bits per heavy atom. The largest absolute Gasteiger partial charge is 0.492 e. The molecule has 1 unspecified atom stereocenters. The number of hydrogen-bond acceptors (Lipinski definition) is 2. The van der Waals surface area contributed by atoms with E-state index in [1.807, 2.05) is 6.07 Å². The number of nitriles is 1. The van der Waals surface area contributed by atoms with E-state index < -0.39 is 10.6 Å². The molecule has 0 N–H and O–H groups in total. The minimum absolute atomic E-state index is 0.113. The van der Waals surface area contributed by atoms with E-state index in [0.717, 1.165) is 0 Å². The lowest BCUT2D eigenvalue weighted by molar-refractivity contribution is 0.382. The molecule has 5 heteroatoms. The number of halogens is 3. The van der Waals surface area contributed by atoms with Gasteiger partial charge in [-0.05, 0) is 22.0 Å². The standard InChI is InChI=1S/C9H6Br2FNO/c1-14-9-6(10)3-2-5(8(9)12)7(11)4-13/h2-3,7H,1H3. The Morgan fingerprint density at radius 3 is 2.71 bits per heavy atom. The molecule has 0 amide bonds. The number of nitrogens with zero attached hydrogens (tertiary/aromatic N) is 1. The van der Waals surface area contributed by atoms with Gasteiger partial charge in [-0.25, -0.2) is 4.39 Å². The molecule has 0 saturated heterocycles. The minimum atomic E-state index is -0.663. The van der Waals surface area contributed by atoms with Crippen LogP contribution >= 0.6 is 31.9 Å². The first-order valence-electron chi connectivity index (χ1n) is 3.67. The van der Waals surface area contributed by atoms with Crippen LogP contribution in [-0.4, -0.2) is 7.11 Å². The van der Waals surface area contributed by atoms with E-state index in [9.17, 15) is 4.39 Å². The van der Waals surface area contributed by atoms with E-state index in [2.05, 4.69) is 31.9 Å². The number of hydrogen-bond donors (Lipinski definition) is 0. The second-order valence-electron chi connectivity index (χ2n) is 2.48. The van der Waals surface area contributed by atoms with Gasteiger partial charge in [0, 0.05) is 5.56 Å². The van der Waals surface area contributed by atoms with Gasteiger partial charge in [0.1, 0.15) is 4.83 Å². The van der Waals surface area contributed by atoms with Gasteiger partial charge >= 0.3 is 0 Å². The van der Waals surface area contributed by atoms with Crippen LogP contribution in [-0.2, 0) is 0 Å². The van der Waals surface area contributed by atoms with Crippen LogP contribution in [0.5, 0.6) is 5.75 Å². The van der Waals surface area contributed by atoms with Gasteiger partial charge in [-0.15, -0.1) is 0 Å². The summed E-state index contributed by atoms with van der Waals surface area (Å²) in [5.74, 6) is -0.410. The summed E-state index contributed by atoms with van der Waals surface area (Å²) in [5.41, 5.74) is 0.271. The van der Waals surface area contributed by atoms with Gasteiger partial charge in [-0.2, -0.15) is 5.26 Å². The number of ether oxygens (including phenoxy) is 1. The van der Waals surface area contributed by atoms with Crippen molar-refractivity contribution in [2.24, 2.45) is 0 Å². The highest BCUT2D eigenvalue weighted by atomic mass is 79.9. The molecule has 0 bridgehead atoms. The zero-order valence-electron chi connectivity index (χ0n) is 7.22. The molecule has 2 nitrogen and oxygen atoms in total. The molecule has 0 spiro atoms. The van der Waals surface area contributed by atoms with Gasteiger partial charge in [-0.1, -0.05) is 22.0 Å². The number of alkyl halides is 1. The van der Waals surface area contributed by atoms with Gasteiger partial charge in [-0.3, -0.25) is 0 Å². The van der Waals surface area contributed by atoms with Crippen LogP contribution in [0.15, 0.2) is 16.6 Å². The van der Waals surface area contributed by atoms with Crippen molar-refractivity contribution in [1.29, 1.82) is 5.26 Å². The average Bonchev–Trinajstić information content (AvgIpc) is 2.18. The Labute approximate surface area is 97.9 Å². The lowest BCUT2D eigenvalue weighted by Gasteiger charge is -2.09. The number of methoxy groups -OCH3 is 1. The summed E-state index contributed by atoms with van der Waals surface area (Å²) in [6.07, 6.45) is 0. The molecule has 0 fully saturated rings. The topological polar surface area (TPSA) is 33.0 Å². The Hall–Kier alpha value is -0.600. The molecule has 14 heavy (non-hydrogen) atoms. The monoisotopic (exact) mass is 321 g/mol. The summed E-state index contributed by atoms with van der Waals surface area (Å²) >= 11 is 6.20. The second kappa shape index (κ2) is 4.76. The highest BCUT2D eigenvalue weighted by Gasteiger charge is 2.17. The maximum absolute atomic E-state index is 13.6. The fourth-order valence-corrected chi connectivity index (χ4v) is 1.82. The van der Waals surface area contributed by atoms with Crippen LogP contribution in [0, 0.1) is 17.1 Å². The molecule has 1 aromatic carbocycles. The molecule has 1 atom stereocenters. The molecule has 0 aliphatic carbocycles. The summed E-state index contributed by atoms with van der Waals surface area (Å²) in [4.78, 5) is -0.663. The fraction of sp³-hybridized carbons (Fsp3) is 0.222. The van der Waals surface area contributed by atoms with Crippen molar-refractivity contribution in [2.45, 2.75) is 4.83 Å². The molecule has 1 rings (SSSR count). The maximum Gasteiger partial charge on any atom is 0.171 e. The summed E-state index contributed by atoms with van der Waals surface area (Å²) < 4.78 is 19.0. The smallest absolute Gasteiger partial charge is 0.171 e. The molecule has 1 aromatic rings. The SMILES string of the molecule is COc1c(Br)ccc(C(Br)C#N)c1F. The van der Waals surface area contributed by atoms with Crippen LogP contribution in [0.4, 0.5) is 4.39 Å². The summed E-state index contributed by atoms with van der Waals surface area (Å²) in [6.45, 7) is 0. The Morgan fingerprint density at radius 1 is 1.57 bits per heavy atom. The first-order chi connectivity index (χ1) is 6.61. The van der Waals surface area contributed by atoms with Crippen molar-refractivity contribution in [3.63, 3.8) is 0 Å². The normalized spacial score (nSPS) is 11.9. The fourth-order valence-electron chi connectivity index (χ4n) is 1.00. The van der Waals surface area contributed by atoms with E-state index in [0.29, 0.717) is 4.47 Å². The second-order valence-corrected chi connectivity index (χ2v) is 4.25. The third kappa shape index (κ3) is 2.07. The molecular formula is C9H6Br2FNO. The Balaban J connectivity index is 3.29. The van der Waals surface area contributed by atoms with Crippen molar-refractivity contribution < 1.29 is 9.13 Å². The summed E-state index contributed by atoms with van der Waals surface area (Å²) in [5, 5.41) is 8.63. The van der Waals surface area contributed by atoms with E-state index in [1.54, 1.807) is 6.07 Å². The molecule has 0 aliphatic rings. The Bertz CT molecular complexity index is 389. The highest BCUT2D eigenvalue weighted by Crippen LogP contribution is 2.34. The van der Waals surface area contributed by atoms with Crippen LogP contribution in [0.2, 0.25) is 0 Å². The molecule has 0 aliphatic heterocycles. The maximum atomic E-state index is 13.6. The van der Waals surface area contributed by atoms with Crippen LogP contribution in [0.1, 0.15) is 10.4 Å². The zero-order valence-corrected chi connectivity index (χ0v) is 10.4. The van der Waals surface area contributed by atoms with Crippen molar-refractivity contribution in [1.82, 2.24) is 0 Å². The van der Waals surface area contributed by atoms with Crippen LogP contribution in [0.25, 0.3) is 0 Å². The quantitative estimate of drug-likeness (QED) is 0.780. The molecule has 0 aromatic heterocycles. The average molecular weight is 323 g/mol. The van der Waals surface area contributed by atoms with Gasteiger partial charge < -0.3 is 4.74 Å². The molecule has 74 valence electrons. The van der Waals surface area contributed by atoms with E-state index in [4.69, 9.17) is 10.00 Å². The first-order valence-corrected chi connectivity index (χ1v) is 5.38. The van der Waals surface area contributed by atoms with E-state index in [1.165, 1.54) is 13.2 Å². The van der Waals surface area contributed by atoms with E-state index >= 15 is 0 Å². The predicted molar refractivity (Wildman–Crippen MR) is 57.9 cm³/mol. The van der Waals surface area contributed by atoms with Gasteiger partial charge in [0.15, 0.2) is 11.6 Å². The van der Waals surface area contributed by atoms with Crippen molar-refractivity contribution in [3.05, 3.63) is 28.0 Å². The van der Waals surface area contributed by atoms with E-state index in [-0.39, 0.29) is 11.3 Å². The van der Waals surface area contributed by atoms with Crippen molar-refractivity contribution in [3.8, 4) is 11.8 Å². The van der Waals surface area contributed by atoms with Gasteiger partial charge in [0.05, 0.1) is 17.7 Å². The van der Waals surface area contributed by atoms with Crippen molar-refractivity contribution in [2.75, 3.05) is 7.11 Å². The van der Waals surface area contributed by atoms with Crippen LogP contribution < -0.4 is 4.74 Å².